The van der Waals surface area contributed by atoms with Crippen molar-refractivity contribution in [2.45, 2.75) is 46.5 Å². The van der Waals surface area contributed by atoms with Crippen LogP contribution in [0, 0.1) is 19.8 Å². The van der Waals surface area contributed by atoms with E-state index in [0.717, 1.165) is 36.3 Å². The summed E-state index contributed by atoms with van der Waals surface area (Å²) in [6, 6.07) is 3.82. The number of rotatable bonds is 7. The molecule has 0 aliphatic heterocycles. The van der Waals surface area contributed by atoms with Crippen molar-refractivity contribution in [2.75, 3.05) is 11.9 Å². The maximum Gasteiger partial charge on any atom is 0.224 e. The van der Waals surface area contributed by atoms with Gasteiger partial charge >= 0.3 is 0 Å². The molecule has 0 spiro atoms. The number of carbonyl (C=O) groups excluding carboxylic acids is 1. The zero-order valence-corrected chi connectivity index (χ0v) is 12.2. The SMILES string of the molecule is CCC(CCN)CCC(=O)Nc1ccc(C)nc1C. The summed E-state index contributed by atoms with van der Waals surface area (Å²) < 4.78 is 0. The van der Waals surface area contributed by atoms with Crippen molar-refractivity contribution in [3.63, 3.8) is 0 Å². The van der Waals surface area contributed by atoms with E-state index in [0.29, 0.717) is 18.9 Å². The van der Waals surface area contributed by atoms with Crippen LogP contribution in [0.3, 0.4) is 0 Å². The number of nitrogens with two attached hydrogens (primary N) is 1. The molecule has 1 aromatic rings. The van der Waals surface area contributed by atoms with Gasteiger partial charge in [-0.15, -0.1) is 0 Å². The molecular weight excluding hydrogens is 238 g/mol. The number of carbonyl (C=O) groups is 1. The minimum Gasteiger partial charge on any atom is -0.330 e. The lowest BCUT2D eigenvalue weighted by atomic mass is 9.96. The first-order chi connectivity index (χ1) is 9.06. The molecule has 1 aromatic heterocycles. The van der Waals surface area contributed by atoms with Crippen LogP contribution in [0.2, 0.25) is 0 Å². The van der Waals surface area contributed by atoms with E-state index in [-0.39, 0.29) is 5.91 Å². The maximum absolute atomic E-state index is 11.9. The lowest BCUT2D eigenvalue weighted by molar-refractivity contribution is -0.116. The van der Waals surface area contributed by atoms with Crippen LogP contribution in [0.5, 0.6) is 0 Å². The molecule has 106 valence electrons. The van der Waals surface area contributed by atoms with E-state index in [1.807, 2.05) is 26.0 Å². The number of hydrogen-bond acceptors (Lipinski definition) is 3. The Morgan fingerprint density at radius 2 is 2.11 bits per heavy atom. The molecule has 0 aromatic carbocycles. The van der Waals surface area contributed by atoms with Crippen LogP contribution < -0.4 is 11.1 Å². The van der Waals surface area contributed by atoms with Gasteiger partial charge in [0.25, 0.3) is 0 Å². The van der Waals surface area contributed by atoms with Gasteiger partial charge in [-0.3, -0.25) is 9.78 Å². The third-order valence-corrected chi connectivity index (χ3v) is 3.43. The second kappa shape index (κ2) is 7.89. The van der Waals surface area contributed by atoms with E-state index in [2.05, 4.69) is 17.2 Å². The third-order valence-electron chi connectivity index (χ3n) is 3.43. The van der Waals surface area contributed by atoms with Gasteiger partial charge < -0.3 is 11.1 Å². The molecule has 0 aliphatic carbocycles. The highest BCUT2D eigenvalue weighted by Crippen LogP contribution is 2.17. The molecule has 1 amide bonds. The van der Waals surface area contributed by atoms with E-state index < -0.39 is 0 Å². The minimum atomic E-state index is 0.0595. The van der Waals surface area contributed by atoms with E-state index in [4.69, 9.17) is 5.73 Å². The molecule has 0 fully saturated rings. The number of nitrogens with zero attached hydrogens (tertiary/aromatic N) is 1. The minimum absolute atomic E-state index is 0.0595. The van der Waals surface area contributed by atoms with E-state index >= 15 is 0 Å². The quantitative estimate of drug-likeness (QED) is 0.795. The highest BCUT2D eigenvalue weighted by atomic mass is 16.1. The number of amides is 1. The molecule has 4 nitrogen and oxygen atoms in total. The van der Waals surface area contributed by atoms with Crippen LogP contribution in [0.25, 0.3) is 0 Å². The van der Waals surface area contributed by atoms with Crippen molar-refractivity contribution in [1.29, 1.82) is 0 Å². The molecule has 0 aliphatic rings. The zero-order valence-electron chi connectivity index (χ0n) is 12.2. The second-order valence-corrected chi connectivity index (χ2v) is 5.02. The topological polar surface area (TPSA) is 68.0 Å². The number of hydrogen-bond donors (Lipinski definition) is 2. The van der Waals surface area contributed by atoms with Gasteiger partial charge in [0, 0.05) is 12.1 Å². The predicted octanol–water partition coefficient (Wildman–Crippen LogP) is 2.79. The van der Waals surface area contributed by atoms with Crippen LogP contribution >= 0.6 is 0 Å². The van der Waals surface area contributed by atoms with Crippen LogP contribution in [0.1, 0.15) is 44.0 Å². The lowest BCUT2D eigenvalue weighted by Gasteiger charge is -2.13. The molecule has 1 atom stereocenters. The monoisotopic (exact) mass is 263 g/mol. The molecule has 4 heteroatoms. The summed E-state index contributed by atoms with van der Waals surface area (Å²) >= 11 is 0. The summed E-state index contributed by atoms with van der Waals surface area (Å²) in [4.78, 5) is 16.2. The molecule has 0 radical (unpaired) electrons. The Labute approximate surface area is 115 Å². The van der Waals surface area contributed by atoms with Gasteiger partial charge in [0.15, 0.2) is 0 Å². The average Bonchev–Trinajstić information content (AvgIpc) is 2.38. The van der Waals surface area contributed by atoms with Gasteiger partial charge in [-0.1, -0.05) is 13.3 Å². The molecule has 0 bridgehead atoms. The Balaban J connectivity index is 2.46. The van der Waals surface area contributed by atoms with Gasteiger partial charge in [0.1, 0.15) is 0 Å². The number of aromatic nitrogens is 1. The largest absolute Gasteiger partial charge is 0.330 e. The molecule has 0 saturated carbocycles. The van der Waals surface area contributed by atoms with E-state index in [1.165, 1.54) is 0 Å². The normalized spacial score (nSPS) is 12.2. The van der Waals surface area contributed by atoms with Gasteiger partial charge in [-0.05, 0) is 51.3 Å². The smallest absolute Gasteiger partial charge is 0.224 e. The Bertz CT molecular complexity index is 418. The van der Waals surface area contributed by atoms with Crippen LogP contribution in [0.4, 0.5) is 5.69 Å². The summed E-state index contributed by atoms with van der Waals surface area (Å²) in [7, 11) is 0. The van der Waals surface area contributed by atoms with Crippen molar-refractivity contribution >= 4 is 11.6 Å². The van der Waals surface area contributed by atoms with Crippen molar-refractivity contribution in [1.82, 2.24) is 4.98 Å². The molecule has 0 saturated heterocycles. The summed E-state index contributed by atoms with van der Waals surface area (Å²) in [6.07, 6.45) is 3.52. The Morgan fingerprint density at radius 3 is 2.68 bits per heavy atom. The van der Waals surface area contributed by atoms with E-state index in [9.17, 15) is 4.79 Å². The van der Waals surface area contributed by atoms with Crippen LogP contribution in [-0.2, 0) is 4.79 Å². The summed E-state index contributed by atoms with van der Waals surface area (Å²) in [5.41, 5.74) is 8.19. The summed E-state index contributed by atoms with van der Waals surface area (Å²) in [5, 5.41) is 2.93. The maximum atomic E-state index is 11.9. The Hall–Kier alpha value is -1.42. The fraction of sp³-hybridized carbons (Fsp3) is 0.600. The second-order valence-electron chi connectivity index (χ2n) is 5.02. The van der Waals surface area contributed by atoms with Gasteiger partial charge in [-0.2, -0.15) is 0 Å². The molecule has 1 unspecified atom stereocenters. The summed E-state index contributed by atoms with van der Waals surface area (Å²) in [6.45, 7) is 6.69. The van der Waals surface area contributed by atoms with Crippen LogP contribution in [0.15, 0.2) is 12.1 Å². The number of nitrogens with one attached hydrogen (secondary N) is 1. The number of anilines is 1. The first-order valence-corrected chi connectivity index (χ1v) is 7.01. The van der Waals surface area contributed by atoms with Gasteiger partial charge in [0.2, 0.25) is 5.91 Å². The van der Waals surface area contributed by atoms with Crippen molar-refractivity contribution in [2.24, 2.45) is 11.7 Å². The fourth-order valence-corrected chi connectivity index (χ4v) is 2.15. The number of aryl methyl sites for hydroxylation is 2. The van der Waals surface area contributed by atoms with Gasteiger partial charge in [-0.25, -0.2) is 0 Å². The molecule has 3 N–H and O–H groups in total. The first kappa shape index (κ1) is 15.6. The fourth-order valence-electron chi connectivity index (χ4n) is 2.15. The molecule has 1 rings (SSSR count). The van der Waals surface area contributed by atoms with Crippen LogP contribution in [-0.4, -0.2) is 17.4 Å². The lowest BCUT2D eigenvalue weighted by Crippen LogP contribution is -2.16. The summed E-state index contributed by atoms with van der Waals surface area (Å²) in [5.74, 6) is 0.609. The Morgan fingerprint density at radius 1 is 1.37 bits per heavy atom. The average molecular weight is 263 g/mol. The van der Waals surface area contributed by atoms with Gasteiger partial charge in [0.05, 0.1) is 11.4 Å². The first-order valence-electron chi connectivity index (χ1n) is 7.01. The highest BCUT2D eigenvalue weighted by Gasteiger charge is 2.10. The molecule has 1 heterocycles. The van der Waals surface area contributed by atoms with Crippen molar-refractivity contribution < 1.29 is 4.79 Å². The molecular formula is C15H25N3O. The zero-order chi connectivity index (χ0) is 14.3. The highest BCUT2D eigenvalue weighted by molar-refractivity contribution is 5.91. The third kappa shape index (κ3) is 5.39. The predicted molar refractivity (Wildman–Crippen MR) is 79.0 cm³/mol. The standard InChI is InChI=1S/C15H25N3O/c1-4-13(9-10-16)6-8-15(19)18-14-7-5-11(2)17-12(14)3/h5,7,13H,4,6,8-10,16H2,1-3H3,(H,18,19). The van der Waals surface area contributed by atoms with Crippen molar-refractivity contribution in [3.05, 3.63) is 23.5 Å². The van der Waals surface area contributed by atoms with E-state index in [1.54, 1.807) is 0 Å². The number of pyridine rings is 1. The van der Waals surface area contributed by atoms with Crippen molar-refractivity contribution in [3.8, 4) is 0 Å². The Kier molecular flexibility index (Phi) is 6.50. The molecule has 19 heavy (non-hydrogen) atoms.